The van der Waals surface area contributed by atoms with E-state index in [9.17, 15) is 5.11 Å². The fraction of sp³-hybridized carbons (Fsp3) is 0.200. The maximum absolute atomic E-state index is 9.21. The van der Waals surface area contributed by atoms with Crippen molar-refractivity contribution in [2.75, 3.05) is 0 Å². The van der Waals surface area contributed by atoms with Gasteiger partial charge in [-0.25, -0.2) is 0 Å². The lowest BCUT2D eigenvalue weighted by molar-refractivity contribution is 0.467. The average Bonchev–Trinajstić information content (AvgIpc) is 2.26. The number of hydrogen-bond donors (Lipinski definition) is 2. The Balaban J connectivity index is 0.000000171. The highest BCUT2D eigenvalue weighted by Crippen LogP contribution is 2.19. The minimum Gasteiger partial charge on any atom is -0.508 e. The highest BCUT2D eigenvalue weighted by Gasteiger charge is 1.95. The van der Waals surface area contributed by atoms with Crippen LogP contribution in [0.3, 0.4) is 0 Å². The maximum atomic E-state index is 9.21. The summed E-state index contributed by atoms with van der Waals surface area (Å²) in [6.07, 6.45) is 0. The highest BCUT2D eigenvalue weighted by atomic mass is 16.3. The van der Waals surface area contributed by atoms with E-state index in [0.717, 1.165) is 16.7 Å². The van der Waals surface area contributed by atoms with Gasteiger partial charge >= 0.3 is 0 Å². The van der Waals surface area contributed by atoms with Crippen LogP contribution in [-0.2, 0) is 0 Å². The summed E-state index contributed by atoms with van der Waals surface area (Å²) in [5.74, 6) is 0.752. The van der Waals surface area contributed by atoms with Gasteiger partial charge in [0.1, 0.15) is 11.5 Å². The topological polar surface area (TPSA) is 40.5 Å². The van der Waals surface area contributed by atoms with Crippen LogP contribution in [0.5, 0.6) is 11.5 Å². The molecule has 0 saturated heterocycles. The minimum absolute atomic E-state index is 0.338. The third-order valence-corrected chi connectivity index (χ3v) is 2.44. The minimum atomic E-state index is 0.338. The van der Waals surface area contributed by atoms with E-state index >= 15 is 0 Å². The lowest BCUT2D eigenvalue weighted by Gasteiger charge is -1.99. The van der Waals surface area contributed by atoms with Crippen LogP contribution in [0, 0.1) is 20.8 Å². The van der Waals surface area contributed by atoms with Crippen LogP contribution in [-0.4, -0.2) is 10.2 Å². The molecule has 2 nitrogen and oxygen atoms in total. The van der Waals surface area contributed by atoms with Crippen molar-refractivity contribution in [1.82, 2.24) is 0 Å². The zero-order valence-corrected chi connectivity index (χ0v) is 10.4. The molecule has 2 rings (SSSR count). The molecule has 0 aromatic heterocycles. The molecule has 17 heavy (non-hydrogen) atoms. The maximum Gasteiger partial charge on any atom is 0.121 e. The number of benzene rings is 2. The number of rotatable bonds is 0. The third-order valence-electron chi connectivity index (χ3n) is 2.44. The summed E-state index contributed by atoms with van der Waals surface area (Å²) >= 11 is 0. The molecule has 0 aliphatic carbocycles. The summed E-state index contributed by atoms with van der Waals surface area (Å²) in [6.45, 7) is 5.73. The molecule has 2 N–H and O–H groups in total. The SMILES string of the molecule is Cc1cccc(C)c1O.Cc1cccc(O)c1. The first-order valence-electron chi connectivity index (χ1n) is 5.51. The van der Waals surface area contributed by atoms with Gasteiger partial charge in [-0.2, -0.15) is 0 Å². The van der Waals surface area contributed by atoms with Crippen LogP contribution < -0.4 is 0 Å². The van der Waals surface area contributed by atoms with Gasteiger partial charge in [0, 0.05) is 0 Å². The van der Waals surface area contributed by atoms with E-state index in [0.29, 0.717) is 11.5 Å². The van der Waals surface area contributed by atoms with Crippen molar-refractivity contribution in [2.24, 2.45) is 0 Å². The number of para-hydroxylation sites is 1. The Morgan fingerprint density at radius 3 is 1.65 bits per heavy atom. The van der Waals surface area contributed by atoms with Crippen molar-refractivity contribution < 1.29 is 10.2 Å². The third kappa shape index (κ3) is 4.19. The van der Waals surface area contributed by atoms with E-state index in [4.69, 9.17) is 5.11 Å². The van der Waals surface area contributed by atoms with Crippen molar-refractivity contribution in [1.29, 1.82) is 0 Å². The molecule has 0 aliphatic rings. The normalized spacial score (nSPS) is 9.35. The Morgan fingerprint density at radius 2 is 1.29 bits per heavy atom. The number of hydrogen-bond acceptors (Lipinski definition) is 2. The number of phenols is 2. The van der Waals surface area contributed by atoms with Gasteiger partial charge in [0.15, 0.2) is 0 Å². The zero-order valence-electron chi connectivity index (χ0n) is 10.4. The van der Waals surface area contributed by atoms with Gasteiger partial charge in [-0.1, -0.05) is 30.3 Å². The fourth-order valence-corrected chi connectivity index (χ4v) is 1.43. The molecule has 0 bridgehead atoms. The highest BCUT2D eigenvalue weighted by molar-refractivity contribution is 5.37. The van der Waals surface area contributed by atoms with Crippen LogP contribution in [0.25, 0.3) is 0 Å². The van der Waals surface area contributed by atoms with Crippen LogP contribution in [0.15, 0.2) is 42.5 Å². The standard InChI is InChI=1S/C8H10O.C7H8O/c1-6-4-3-5-7(2)8(6)9;1-6-3-2-4-7(8)5-6/h3-5,9H,1-2H3;2-5,8H,1H3. The molecular formula is C15H18O2. The van der Waals surface area contributed by atoms with Gasteiger partial charge < -0.3 is 10.2 Å². The Kier molecular flexibility index (Phi) is 4.58. The molecule has 0 spiro atoms. The van der Waals surface area contributed by atoms with E-state index in [1.807, 2.05) is 51.1 Å². The largest absolute Gasteiger partial charge is 0.508 e. The summed E-state index contributed by atoms with van der Waals surface area (Å²) in [4.78, 5) is 0. The summed E-state index contributed by atoms with van der Waals surface area (Å²) in [5.41, 5.74) is 2.97. The quantitative estimate of drug-likeness (QED) is 0.724. The molecule has 0 amide bonds. The molecule has 0 aliphatic heterocycles. The number of aromatic hydroxyl groups is 2. The molecule has 0 unspecified atom stereocenters. The summed E-state index contributed by atoms with van der Waals surface area (Å²) in [6, 6.07) is 12.9. The monoisotopic (exact) mass is 230 g/mol. The molecule has 0 radical (unpaired) electrons. The van der Waals surface area contributed by atoms with Crippen molar-refractivity contribution >= 4 is 0 Å². The van der Waals surface area contributed by atoms with Gasteiger partial charge in [-0.3, -0.25) is 0 Å². The molecule has 0 heterocycles. The van der Waals surface area contributed by atoms with Gasteiger partial charge in [0.25, 0.3) is 0 Å². The predicted octanol–water partition coefficient (Wildman–Crippen LogP) is 3.71. The first kappa shape index (κ1) is 13.1. The lowest BCUT2D eigenvalue weighted by Crippen LogP contribution is -1.76. The summed E-state index contributed by atoms with van der Waals surface area (Å²) in [7, 11) is 0. The van der Waals surface area contributed by atoms with E-state index in [2.05, 4.69) is 0 Å². The number of phenolic OH excluding ortho intramolecular Hbond substituents is 2. The van der Waals surface area contributed by atoms with Crippen molar-refractivity contribution in [3.05, 3.63) is 59.2 Å². The Morgan fingerprint density at radius 1 is 0.765 bits per heavy atom. The molecule has 90 valence electrons. The van der Waals surface area contributed by atoms with Gasteiger partial charge in [-0.15, -0.1) is 0 Å². The Hall–Kier alpha value is -1.96. The molecule has 2 aromatic rings. The Labute approximate surface area is 102 Å². The lowest BCUT2D eigenvalue weighted by atomic mass is 10.1. The van der Waals surface area contributed by atoms with Crippen LogP contribution in [0.1, 0.15) is 16.7 Å². The van der Waals surface area contributed by atoms with Crippen LogP contribution in [0.4, 0.5) is 0 Å². The average molecular weight is 230 g/mol. The molecule has 2 aromatic carbocycles. The number of aryl methyl sites for hydroxylation is 3. The molecule has 2 heteroatoms. The summed E-state index contributed by atoms with van der Waals surface area (Å²) < 4.78 is 0. The smallest absolute Gasteiger partial charge is 0.121 e. The van der Waals surface area contributed by atoms with Crippen molar-refractivity contribution in [3.63, 3.8) is 0 Å². The first-order valence-corrected chi connectivity index (χ1v) is 5.51. The van der Waals surface area contributed by atoms with Crippen LogP contribution >= 0.6 is 0 Å². The van der Waals surface area contributed by atoms with Gasteiger partial charge in [-0.05, 0) is 49.6 Å². The molecule has 0 saturated carbocycles. The Bertz CT molecular complexity index is 453. The zero-order chi connectivity index (χ0) is 12.8. The summed E-state index contributed by atoms with van der Waals surface area (Å²) in [5, 5.41) is 18.0. The second-order valence-electron chi connectivity index (χ2n) is 4.08. The second-order valence-corrected chi connectivity index (χ2v) is 4.08. The van der Waals surface area contributed by atoms with E-state index in [1.165, 1.54) is 0 Å². The predicted molar refractivity (Wildman–Crippen MR) is 70.4 cm³/mol. The molecular weight excluding hydrogens is 212 g/mol. The van der Waals surface area contributed by atoms with Gasteiger partial charge in [0.05, 0.1) is 0 Å². The first-order chi connectivity index (χ1) is 8.00. The fourth-order valence-electron chi connectivity index (χ4n) is 1.43. The second kappa shape index (κ2) is 5.94. The van der Waals surface area contributed by atoms with Crippen LogP contribution in [0.2, 0.25) is 0 Å². The van der Waals surface area contributed by atoms with Crippen molar-refractivity contribution in [2.45, 2.75) is 20.8 Å². The molecule has 0 atom stereocenters. The molecule has 0 fully saturated rings. The van der Waals surface area contributed by atoms with E-state index in [1.54, 1.807) is 12.1 Å². The van der Waals surface area contributed by atoms with E-state index < -0.39 is 0 Å². The van der Waals surface area contributed by atoms with Gasteiger partial charge in [0.2, 0.25) is 0 Å². The van der Waals surface area contributed by atoms with E-state index in [-0.39, 0.29) is 0 Å². The van der Waals surface area contributed by atoms with Crippen molar-refractivity contribution in [3.8, 4) is 11.5 Å².